The van der Waals surface area contributed by atoms with Crippen LogP contribution >= 0.6 is 0 Å². The molecule has 0 radical (unpaired) electrons. The lowest BCUT2D eigenvalue weighted by Crippen LogP contribution is -2.58. The van der Waals surface area contributed by atoms with Gasteiger partial charge in [-0.2, -0.15) is 4.31 Å². The molecular weight excluding hydrogens is 341 g/mol. The molecule has 1 heterocycles. The Morgan fingerprint density at radius 1 is 1.12 bits per heavy atom. The van der Waals surface area contributed by atoms with Gasteiger partial charge in [0.15, 0.2) is 0 Å². The molecule has 25 heavy (non-hydrogen) atoms. The number of hydrogen-bond donors (Lipinski definition) is 0. The molecule has 1 fully saturated rings. The van der Waals surface area contributed by atoms with E-state index in [0.717, 1.165) is 19.5 Å². The SMILES string of the molecule is CC1CN(S(=O)(=O)Cc2ccc(F)cc2)CC(C)N1CCCN(C)C. The van der Waals surface area contributed by atoms with Crippen LogP contribution in [0.15, 0.2) is 24.3 Å². The van der Waals surface area contributed by atoms with E-state index in [9.17, 15) is 12.8 Å². The van der Waals surface area contributed by atoms with Crippen molar-refractivity contribution in [2.45, 2.75) is 38.1 Å². The largest absolute Gasteiger partial charge is 0.309 e. The lowest BCUT2D eigenvalue weighted by Gasteiger charge is -2.44. The highest BCUT2D eigenvalue weighted by molar-refractivity contribution is 7.88. The molecule has 0 amide bonds. The van der Waals surface area contributed by atoms with Gasteiger partial charge in [0.05, 0.1) is 5.75 Å². The highest BCUT2D eigenvalue weighted by Gasteiger charge is 2.34. The van der Waals surface area contributed by atoms with Gasteiger partial charge in [0.25, 0.3) is 0 Å². The van der Waals surface area contributed by atoms with Crippen LogP contribution in [0, 0.1) is 5.82 Å². The number of benzene rings is 1. The quantitative estimate of drug-likeness (QED) is 0.735. The summed E-state index contributed by atoms with van der Waals surface area (Å²) < 4.78 is 40.1. The van der Waals surface area contributed by atoms with E-state index in [1.807, 2.05) is 0 Å². The van der Waals surface area contributed by atoms with Crippen molar-refractivity contribution < 1.29 is 12.8 Å². The normalized spacial score (nSPS) is 23.3. The zero-order valence-corrected chi connectivity index (χ0v) is 16.5. The summed E-state index contributed by atoms with van der Waals surface area (Å²) in [6, 6.07) is 6.06. The average molecular weight is 372 g/mol. The number of nitrogens with zero attached hydrogens (tertiary/aromatic N) is 3. The van der Waals surface area contributed by atoms with Crippen molar-refractivity contribution >= 4 is 10.0 Å². The van der Waals surface area contributed by atoms with Crippen LogP contribution in [0.2, 0.25) is 0 Å². The van der Waals surface area contributed by atoms with Crippen molar-refractivity contribution in [1.82, 2.24) is 14.1 Å². The number of sulfonamides is 1. The Labute approximate surface area is 151 Å². The van der Waals surface area contributed by atoms with Crippen molar-refractivity contribution in [1.29, 1.82) is 0 Å². The fourth-order valence-corrected chi connectivity index (χ4v) is 5.11. The molecule has 142 valence electrons. The van der Waals surface area contributed by atoms with E-state index >= 15 is 0 Å². The Bertz CT molecular complexity index is 637. The highest BCUT2D eigenvalue weighted by atomic mass is 32.2. The number of piperazine rings is 1. The molecule has 0 bridgehead atoms. The Morgan fingerprint density at radius 3 is 2.20 bits per heavy atom. The zero-order valence-electron chi connectivity index (χ0n) is 15.7. The van der Waals surface area contributed by atoms with Crippen molar-refractivity contribution in [2.75, 3.05) is 40.3 Å². The summed E-state index contributed by atoms with van der Waals surface area (Å²) in [5, 5.41) is 0. The van der Waals surface area contributed by atoms with Gasteiger partial charge in [0, 0.05) is 31.7 Å². The predicted octanol–water partition coefficient (Wildman–Crippen LogP) is 2.00. The summed E-state index contributed by atoms with van der Waals surface area (Å²) in [7, 11) is 0.728. The van der Waals surface area contributed by atoms with Crippen molar-refractivity contribution in [3.8, 4) is 0 Å². The summed E-state index contributed by atoms with van der Waals surface area (Å²) in [5.41, 5.74) is 0.620. The monoisotopic (exact) mass is 371 g/mol. The first-order valence-corrected chi connectivity index (χ1v) is 10.4. The van der Waals surface area contributed by atoms with Gasteiger partial charge in [-0.15, -0.1) is 0 Å². The topological polar surface area (TPSA) is 43.9 Å². The molecule has 0 saturated carbocycles. The smallest absolute Gasteiger partial charge is 0.218 e. The first-order valence-electron chi connectivity index (χ1n) is 8.82. The summed E-state index contributed by atoms with van der Waals surface area (Å²) >= 11 is 0. The van der Waals surface area contributed by atoms with Crippen molar-refractivity contribution in [2.24, 2.45) is 0 Å². The maximum Gasteiger partial charge on any atom is 0.218 e. The van der Waals surface area contributed by atoms with Gasteiger partial charge < -0.3 is 4.90 Å². The second-order valence-electron chi connectivity index (χ2n) is 7.29. The van der Waals surface area contributed by atoms with Gasteiger partial charge in [0.2, 0.25) is 10.0 Å². The van der Waals surface area contributed by atoms with E-state index in [-0.39, 0.29) is 23.7 Å². The molecule has 7 heteroatoms. The Morgan fingerprint density at radius 2 is 1.68 bits per heavy atom. The van der Waals surface area contributed by atoms with Crippen LogP contribution in [0.4, 0.5) is 4.39 Å². The molecule has 2 unspecified atom stereocenters. The Kier molecular flexibility index (Phi) is 6.96. The van der Waals surface area contributed by atoms with Gasteiger partial charge in [0.1, 0.15) is 5.82 Å². The molecule has 1 aromatic rings. The molecule has 0 spiro atoms. The maximum atomic E-state index is 13.0. The molecule has 2 atom stereocenters. The summed E-state index contributed by atoms with van der Waals surface area (Å²) in [4.78, 5) is 4.56. The standard InChI is InChI=1S/C18H30FN3O2S/c1-15-12-21(13-16(2)22(15)11-5-10-20(3)4)25(23,24)14-17-6-8-18(19)9-7-17/h6-9,15-16H,5,10-14H2,1-4H3. The molecule has 1 saturated heterocycles. The lowest BCUT2D eigenvalue weighted by atomic mass is 10.1. The molecule has 2 rings (SSSR count). The van der Waals surface area contributed by atoms with Crippen LogP contribution in [0.25, 0.3) is 0 Å². The summed E-state index contributed by atoms with van der Waals surface area (Å²) in [5.74, 6) is -0.428. The van der Waals surface area contributed by atoms with Gasteiger partial charge >= 0.3 is 0 Å². The van der Waals surface area contributed by atoms with Crippen LogP contribution in [0.5, 0.6) is 0 Å². The molecule has 5 nitrogen and oxygen atoms in total. The molecule has 1 aromatic carbocycles. The van der Waals surface area contributed by atoms with Crippen molar-refractivity contribution in [3.63, 3.8) is 0 Å². The van der Waals surface area contributed by atoms with Crippen LogP contribution in [0.3, 0.4) is 0 Å². The van der Waals surface area contributed by atoms with Crippen molar-refractivity contribution in [3.05, 3.63) is 35.6 Å². The minimum Gasteiger partial charge on any atom is -0.309 e. The molecule has 0 aliphatic carbocycles. The van der Waals surface area contributed by atoms with E-state index in [1.165, 1.54) is 24.3 Å². The van der Waals surface area contributed by atoms with Crippen LogP contribution in [-0.2, 0) is 15.8 Å². The highest BCUT2D eigenvalue weighted by Crippen LogP contribution is 2.21. The predicted molar refractivity (Wildman–Crippen MR) is 99.4 cm³/mol. The van der Waals surface area contributed by atoms with E-state index in [2.05, 4.69) is 37.7 Å². The van der Waals surface area contributed by atoms with Crippen LogP contribution in [-0.4, -0.2) is 74.9 Å². The summed E-state index contributed by atoms with van der Waals surface area (Å²) in [6.45, 7) is 7.21. The Hall–Kier alpha value is -1.02. The fourth-order valence-electron chi connectivity index (χ4n) is 3.43. The first kappa shape index (κ1) is 20.3. The second kappa shape index (κ2) is 8.58. The van der Waals surface area contributed by atoms with E-state index in [0.29, 0.717) is 18.7 Å². The van der Waals surface area contributed by atoms with E-state index in [1.54, 1.807) is 4.31 Å². The average Bonchev–Trinajstić information content (AvgIpc) is 2.51. The molecular formula is C18H30FN3O2S. The summed E-state index contributed by atoms with van der Waals surface area (Å²) in [6.07, 6.45) is 1.07. The molecule has 0 N–H and O–H groups in total. The van der Waals surface area contributed by atoms with Crippen LogP contribution in [0.1, 0.15) is 25.8 Å². The molecule has 0 aromatic heterocycles. The lowest BCUT2D eigenvalue weighted by molar-refractivity contribution is 0.0739. The number of rotatable bonds is 7. The van der Waals surface area contributed by atoms with Gasteiger partial charge in [-0.1, -0.05) is 12.1 Å². The van der Waals surface area contributed by atoms with E-state index in [4.69, 9.17) is 0 Å². The van der Waals surface area contributed by atoms with Gasteiger partial charge in [-0.25, -0.2) is 12.8 Å². The third-order valence-corrected chi connectivity index (χ3v) is 6.53. The third kappa shape index (κ3) is 5.74. The Balaban J connectivity index is 1.98. The number of hydrogen-bond acceptors (Lipinski definition) is 4. The minimum absolute atomic E-state index is 0.0760. The van der Waals surface area contributed by atoms with Gasteiger partial charge in [-0.3, -0.25) is 4.90 Å². The van der Waals surface area contributed by atoms with E-state index < -0.39 is 10.0 Å². The molecule has 1 aliphatic rings. The second-order valence-corrected chi connectivity index (χ2v) is 9.26. The first-order chi connectivity index (χ1) is 11.7. The minimum atomic E-state index is -3.40. The third-order valence-electron chi connectivity index (χ3n) is 4.75. The number of halogens is 1. The van der Waals surface area contributed by atoms with Gasteiger partial charge in [-0.05, 0) is 58.6 Å². The maximum absolute atomic E-state index is 13.0. The fraction of sp³-hybridized carbons (Fsp3) is 0.667. The van der Waals surface area contributed by atoms with Crippen LogP contribution < -0.4 is 0 Å². The zero-order chi connectivity index (χ0) is 18.6. The molecule has 1 aliphatic heterocycles.